The van der Waals surface area contributed by atoms with Crippen molar-refractivity contribution in [1.82, 2.24) is 10.0 Å². The molecule has 3 heteroatoms. The minimum absolute atomic E-state index is 0.0159. The van der Waals surface area contributed by atoms with Gasteiger partial charge in [0.15, 0.2) is 0 Å². The van der Waals surface area contributed by atoms with Gasteiger partial charge in [0.1, 0.15) is 0 Å². The summed E-state index contributed by atoms with van der Waals surface area (Å²) in [6.07, 6.45) is 2.41. The summed E-state index contributed by atoms with van der Waals surface area (Å²) in [6.45, 7) is 12.1. The number of hydrogen-bond acceptors (Lipinski definition) is 2. The molecule has 1 amide bonds. The second-order valence-corrected chi connectivity index (χ2v) is 2.80. The van der Waals surface area contributed by atoms with E-state index in [1.54, 1.807) is 5.01 Å². The predicted molar refractivity (Wildman–Crippen MR) is 55.1 cm³/mol. The first-order valence-corrected chi connectivity index (χ1v) is 4.89. The van der Waals surface area contributed by atoms with Crippen molar-refractivity contribution < 1.29 is 4.79 Å². The molecular weight excluding hydrogens is 164 g/mol. The maximum Gasteiger partial charge on any atom is 0.260 e. The van der Waals surface area contributed by atoms with E-state index in [4.69, 9.17) is 0 Å². The lowest BCUT2D eigenvalue weighted by molar-refractivity contribution is -0.142. The molecule has 0 unspecified atom stereocenters. The lowest BCUT2D eigenvalue weighted by atomic mass is 10.4. The van der Waals surface area contributed by atoms with E-state index in [9.17, 15) is 4.79 Å². The van der Waals surface area contributed by atoms with E-state index in [-0.39, 0.29) is 5.91 Å². The predicted octanol–water partition coefficient (Wildman–Crippen LogP) is 1.67. The fourth-order valence-corrected chi connectivity index (χ4v) is 1.31. The molecule has 0 saturated carbocycles. The third-order valence-electron chi connectivity index (χ3n) is 1.92. The van der Waals surface area contributed by atoms with Crippen LogP contribution in [0.5, 0.6) is 0 Å². The van der Waals surface area contributed by atoms with E-state index >= 15 is 0 Å². The summed E-state index contributed by atoms with van der Waals surface area (Å²) in [4.78, 5) is 11.4. The fraction of sp³-hybridized carbons (Fsp3) is 0.700. The highest BCUT2D eigenvalue weighted by atomic mass is 16.2. The summed E-state index contributed by atoms with van der Waals surface area (Å²) in [5.74, 6) is -0.0159. The van der Waals surface area contributed by atoms with Crippen LogP contribution in [-0.4, -0.2) is 35.6 Å². The third kappa shape index (κ3) is 3.59. The van der Waals surface area contributed by atoms with Gasteiger partial charge in [-0.1, -0.05) is 20.4 Å². The van der Waals surface area contributed by atoms with Crippen molar-refractivity contribution in [2.75, 3.05) is 19.6 Å². The standard InChI is InChI=1S/C10H20N2O/c1-5-9-11(7-3)12(8-4)10(13)6-2/h6H,2,5,7-9H2,1,3-4H3. The lowest BCUT2D eigenvalue weighted by Crippen LogP contribution is -2.45. The summed E-state index contributed by atoms with van der Waals surface area (Å²) < 4.78 is 0. The van der Waals surface area contributed by atoms with Crippen LogP contribution in [0.3, 0.4) is 0 Å². The van der Waals surface area contributed by atoms with Crippen LogP contribution in [0.2, 0.25) is 0 Å². The Morgan fingerprint density at radius 1 is 1.31 bits per heavy atom. The van der Waals surface area contributed by atoms with Gasteiger partial charge >= 0.3 is 0 Å². The zero-order valence-electron chi connectivity index (χ0n) is 8.92. The number of likely N-dealkylation sites (N-methyl/N-ethyl adjacent to an activating group) is 1. The maximum atomic E-state index is 11.4. The molecule has 0 aromatic carbocycles. The van der Waals surface area contributed by atoms with Gasteiger partial charge in [0.2, 0.25) is 0 Å². The molecule has 0 aliphatic heterocycles. The van der Waals surface area contributed by atoms with E-state index < -0.39 is 0 Å². The van der Waals surface area contributed by atoms with Gasteiger partial charge in [-0.15, -0.1) is 0 Å². The van der Waals surface area contributed by atoms with Crippen LogP contribution in [0.4, 0.5) is 0 Å². The first-order chi connectivity index (χ1) is 6.21. The van der Waals surface area contributed by atoms with Crippen LogP contribution in [0, 0.1) is 0 Å². The summed E-state index contributed by atoms with van der Waals surface area (Å²) >= 11 is 0. The Kier molecular flexibility index (Phi) is 6.24. The van der Waals surface area contributed by atoms with Crippen molar-refractivity contribution in [3.63, 3.8) is 0 Å². The average Bonchev–Trinajstić information content (AvgIpc) is 2.17. The van der Waals surface area contributed by atoms with Crippen LogP contribution in [-0.2, 0) is 4.79 Å². The first-order valence-electron chi connectivity index (χ1n) is 4.89. The smallest absolute Gasteiger partial charge is 0.260 e. The van der Waals surface area contributed by atoms with Crippen LogP contribution >= 0.6 is 0 Å². The molecular formula is C10H20N2O. The molecule has 76 valence electrons. The molecule has 0 bridgehead atoms. The summed E-state index contributed by atoms with van der Waals surface area (Å²) in [6, 6.07) is 0. The van der Waals surface area contributed by atoms with Crippen molar-refractivity contribution in [2.45, 2.75) is 27.2 Å². The Balaban J connectivity index is 4.32. The molecule has 0 aliphatic rings. The maximum absolute atomic E-state index is 11.4. The number of nitrogens with zero attached hydrogens (tertiary/aromatic N) is 2. The van der Waals surface area contributed by atoms with Crippen molar-refractivity contribution in [3.8, 4) is 0 Å². The van der Waals surface area contributed by atoms with Crippen molar-refractivity contribution >= 4 is 5.91 Å². The van der Waals surface area contributed by atoms with Gasteiger partial charge < -0.3 is 0 Å². The fourth-order valence-electron chi connectivity index (χ4n) is 1.31. The number of hydrazine groups is 1. The Bertz CT molecular complexity index is 168. The molecule has 0 heterocycles. The number of hydrogen-bond donors (Lipinski definition) is 0. The minimum Gasteiger partial charge on any atom is -0.272 e. The van der Waals surface area contributed by atoms with E-state index in [1.807, 2.05) is 11.9 Å². The van der Waals surface area contributed by atoms with Gasteiger partial charge in [-0.05, 0) is 19.4 Å². The molecule has 3 nitrogen and oxygen atoms in total. The molecule has 0 spiro atoms. The summed E-state index contributed by atoms with van der Waals surface area (Å²) in [7, 11) is 0. The molecule has 0 aromatic rings. The zero-order chi connectivity index (χ0) is 10.3. The molecule has 0 rings (SSSR count). The topological polar surface area (TPSA) is 23.6 Å². The SMILES string of the molecule is C=CC(=O)N(CC)N(CC)CCC. The van der Waals surface area contributed by atoms with Crippen LogP contribution in [0.25, 0.3) is 0 Å². The summed E-state index contributed by atoms with van der Waals surface area (Å²) in [5, 5.41) is 3.78. The quantitative estimate of drug-likeness (QED) is 0.463. The second kappa shape index (κ2) is 6.66. The highest BCUT2D eigenvalue weighted by molar-refractivity contribution is 5.86. The third-order valence-corrected chi connectivity index (χ3v) is 1.92. The van der Waals surface area contributed by atoms with E-state index in [1.165, 1.54) is 6.08 Å². The highest BCUT2D eigenvalue weighted by Gasteiger charge is 2.14. The van der Waals surface area contributed by atoms with Gasteiger partial charge in [-0.2, -0.15) is 0 Å². The number of rotatable bonds is 6. The van der Waals surface area contributed by atoms with E-state index in [2.05, 4.69) is 20.4 Å². The van der Waals surface area contributed by atoms with E-state index in [0.29, 0.717) is 6.54 Å². The zero-order valence-corrected chi connectivity index (χ0v) is 8.92. The Labute approximate surface area is 81.0 Å². The molecule has 0 aromatic heterocycles. The lowest BCUT2D eigenvalue weighted by Gasteiger charge is -2.32. The number of amides is 1. The van der Waals surface area contributed by atoms with Gasteiger partial charge in [0.05, 0.1) is 0 Å². The van der Waals surface area contributed by atoms with Crippen molar-refractivity contribution in [1.29, 1.82) is 0 Å². The van der Waals surface area contributed by atoms with E-state index in [0.717, 1.165) is 19.5 Å². The Morgan fingerprint density at radius 2 is 1.92 bits per heavy atom. The molecule has 0 saturated heterocycles. The second-order valence-electron chi connectivity index (χ2n) is 2.80. The molecule has 0 radical (unpaired) electrons. The van der Waals surface area contributed by atoms with Gasteiger partial charge in [-0.3, -0.25) is 9.80 Å². The molecule has 0 aliphatic carbocycles. The van der Waals surface area contributed by atoms with Crippen molar-refractivity contribution in [2.24, 2.45) is 0 Å². The number of carbonyl (C=O) groups is 1. The van der Waals surface area contributed by atoms with Gasteiger partial charge in [-0.25, -0.2) is 5.01 Å². The minimum atomic E-state index is -0.0159. The van der Waals surface area contributed by atoms with Crippen LogP contribution in [0.1, 0.15) is 27.2 Å². The molecule has 0 atom stereocenters. The normalized spacial score (nSPS) is 10.2. The van der Waals surface area contributed by atoms with Gasteiger partial charge in [0.25, 0.3) is 5.91 Å². The first kappa shape index (κ1) is 12.2. The Morgan fingerprint density at radius 3 is 2.23 bits per heavy atom. The molecule has 0 N–H and O–H groups in total. The van der Waals surface area contributed by atoms with Crippen LogP contribution in [0.15, 0.2) is 12.7 Å². The van der Waals surface area contributed by atoms with Crippen LogP contribution < -0.4 is 0 Å². The number of carbonyl (C=O) groups excluding carboxylic acids is 1. The Hall–Kier alpha value is -0.830. The average molecular weight is 184 g/mol. The van der Waals surface area contributed by atoms with Gasteiger partial charge in [0, 0.05) is 19.6 Å². The molecule has 0 fully saturated rings. The summed E-state index contributed by atoms with van der Waals surface area (Å²) in [5.41, 5.74) is 0. The highest BCUT2D eigenvalue weighted by Crippen LogP contribution is 2.00. The largest absolute Gasteiger partial charge is 0.272 e. The monoisotopic (exact) mass is 184 g/mol. The molecule has 13 heavy (non-hydrogen) atoms. The van der Waals surface area contributed by atoms with Crippen molar-refractivity contribution in [3.05, 3.63) is 12.7 Å².